The molecule has 4 heteroatoms. The largest absolute Gasteiger partial charge is 0.495 e. The molecule has 0 bridgehead atoms. The molecule has 15 heavy (non-hydrogen) atoms. The van der Waals surface area contributed by atoms with Crippen LogP contribution in [0, 0.1) is 5.92 Å². The number of hydrogen-bond acceptors (Lipinski definition) is 1. The predicted molar refractivity (Wildman–Crippen MR) is 67.0 cm³/mol. The van der Waals surface area contributed by atoms with E-state index in [0.29, 0.717) is 10.9 Å². The molecule has 0 aromatic heterocycles. The van der Waals surface area contributed by atoms with Crippen LogP contribution in [-0.2, 0) is 0 Å². The number of hydrogen-bond donors (Lipinski definition) is 0. The lowest BCUT2D eigenvalue weighted by Crippen LogP contribution is -1.98. The summed E-state index contributed by atoms with van der Waals surface area (Å²) in [6, 6.07) is 3.71. The van der Waals surface area contributed by atoms with Crippen molar-refractivity contribution in [1.29, 1.82) is 0 Å². The zero-order chi connectivity index (χ0) is 11.0. The Hall–Kier alpha value is 0.0800. The van der Waals surface area contributed by atoms with Gasteiger partial charge in [-0.15, -0.1) is 11.6 Å². The van der Waals surface area contributed by atoms with Crippen molar-refractivity contribution in [1.82, 2.24) is 0 Å². The Bertz CT molecular complexity index is 377. The number of alkyl halides is 1. The fourth-order valence-electron chi connectivity index (χ4n) is 1.64. The third-order valence-corrected chi connectivity index (χ3v) is 3.97. The van der Waals surface area contributed by atoms with Crippen molar-refractivity contribution in [2.75, 3.05) is 7.11 Å². The standard InChI is InChI=1S/C11H11BrCl2O/c1-15-11-8(10(14)6-2-3-6)4-7(13)5-9(11)12/h4-6,10H,2-3H2,1H3. The van der Waals surface area contributed by atoms with Crippen molar-refractivity contribution in [2.24, 2.45) is 5.92 Å². The van der Waals surface area contributed by atoms with Gasteiger partial charge in [-0.2, -0.15) is 0 Å². The predicted octanol–water partition coefficient (Wildman–Crippen LogP) is 4.80. The second kappa shape index (κ2) is 4.52. The van der Waals surface area contributed by atoms with Crippen molar-refractivity contribution in [3.63, 3.8) is 0 Å². The molecule has 82 valence electrons. The van der Waals surface area contributed by atoms with Crippen LogP contribution in [0.1, 0.15) is 23.8 Å². The average molecular weight is 310 g/mol. The molecular formula is C11H11BrCl2O. The maximum absolute atomic E-state index is 6.37. The van der Waals surface area contributed by atoms with E-state index >= 15 is 0 Å². The fraction of sp³-hybridized carbons (Fsp3) is 0.455. The summed E-state index contributed by atoms with van der Waals surface area (Å²) in [6.07, 6.45) is 2.39. The van der Waals surface area contributed by atoms with E-state index in [9.17, 15) is 0 Å². The first kappa shape index (κ1) is 11.6. The van der Waals surface area contributed by atoms with E-state index in [4.69, 9.17) is 27.9 Å². The van der Waals surface area contributed by atoms with Gasteiger partial charge in [-0.05, 0) is 46.8 Å². The molecule has 0 amide bonds. The molecule has 0 radical (unpaired) electrons. The lowest BCUT2D eigenvalue weighted by molar-refractivity contribution is 0.405. The summed E-state index contributed by atoms with van der Waals surface area (Å²) < 4.78 is 6.20. The van der Waals surface area contributed by atoms with E-state index in [1.54, 1.807) is 7.11 Å². The van der Waals surface area contributed by atoms with Gasteiger partial charge in [0.25, 0.3) is 0 Å². The molecule has 1 fully saturated rings. The van der Waals surface area contributed by atoms with E-state index in [0.717, 1.165) is 15.8 Å². The van der Waals surface area contributed by atoms with Gasteiger partial charge < -0.3 is 4.74 Å². The van der Waals surface area contributed by atoms with Gasteiger partial charge >= 0.3 is 0 Å². The minimum absolute atomic E-state index is 0.00921. The highest BCUT2D eigenvalue weighted by Gasteiger charge is 2.33. The molecular weight excluding hydrogens is 299 g/mol. The van der Waals surface area contributed by atoms with Crippen molar-refractivity contribution in [2.45, 2.75) is 18.2 Å². The monoisotopic (exact) mass is 308 g/mol. The topological polar surface area (TPSA) is 9.23 Å². The number of halogens is 3. The highest BCUT2D eigenvalue weighted by atomic mass is 79.9. The first-order valence-electron chi connectivity index (χ1n) is 4.80. The first-order chi connectivity index (χ1) is 7.13. The lowest BCUT2D eigenvalue weighted by atomic mass is 10.1. The summed E-state index contributed by atoms with van der Waals surface area (Å²) >= 11 is 15.8. The molecule has 1 nitrogen and oxygen atoms in total. The van der Waals surface area contributed by atoms with Crippen molar-refractivity contribution in [3.05, 3.63) is 27.2 Å². The SMILES string of the molecule is COc1c(Br)cc(Cl)cc1C(Cl)C1CC1. The first-order valence-corrected chi connectivity index (χ1v) is 6.41. The lowest BCUT2D eigenvalue weighted by Gasteiger charge is -2.15. The highest BCUT2D eigenvalue weighted by Crippen LogP contribution is 2.49. The van der Waals surface area contributed by atoms with Gasteiger partial charge in [-0.25, -0.2) is 0 Å². The van der Waals surface area contributed by atoms with E-state index < -0.39 is 0 Å². The molecule has 1 saturated carbocycles. The number of benzene rings is 1. The van der Waals surface area contributed by atoms with Gasteiger partial charge in [-0.3, -0.25) is 0 Å². The Labute approximate surface area is 108 Å². The van der Waals surface area contributed by atoms with Gasteiger partial charge in [0.2, 0.25) is 0 Å². The van der Waals surface area contributed by atoms with Crippen LogP contribution < -0.4 is 4.74 Å². The van der Waals surface area contributed by atoms with Crippen LogP contribution in [0.4, 0.5) is 0 Å². The van der Waals surface area contributed by atoms with E-state index in [2.05, 4.69) is 15.9 Å². The molecule has 0 spiro atoms. The van der Waals surface area contributed by atoms with E-state index in [1.165, 1.54) is 12.8 Å². The summed E-state index contributed by atoms with van der Waals surface area (Å²) in [4.78, 5) is 0. The zero-order valence-electron chi connectivity index (χ0n) is 8.27. The molecule has 2 rings (SSSR count). The van der Waals surface area contributed by atoms with Crippen LogP contribution in [0.15, 0.2) is 16.6 Å². The van der Waals surface area contributed by atoms with Crippen LogP contribution in [-0.4, -0.2) is 7.11 Å². The van der Waals surface area contributed by atoms with Crippen molar-refractivity contribution in [3.8, 4) is 5.75 Å². The Morgan fingerprint density at radius 2 is 2.13 bits per heavy atom. The summed E-state index contributed by atoms with van der Waals surface area (Å²) in [6.45, 7) is 0. The molecule has 0 N–H and O–H groups in total. The van der Waals surface area contributed by atoms with Gasteiger partial charge in [0.05, 0.1) is 17.0 Å². The van der Waals surface area contributed by atoms with Gasteiger partial charge in [0, 0.05) is 10.6 Å². The fourth-order valence-corrected chi connectivity index (χ4v) is 3.05. The zero-order valence-corrected chi connectivity index (χ0v) is 11.4. The van der Waals surface area contributed by atoms with Crippen LogP contribution in [0.5, 0.6) is 5.75 Å². The van der Waals surface area contributed by atoms with Crippen LogP contribution in [0.25, 0.3) is 0 Å². The smallest absolute Gasteiger partial charge is 0.137 e. The maximum atomic E-state index is 6.37. The minimum atomic E-state index is 0.00921. The number of ether oxygens (including phenoxy) is 1. The van der Waals surface area contributed by atoms with Crippen LogP contribution >= 0.6 is 39.1 Å². The number of rotatable bonds is 3. The third-order valence-electron chi connectivity index (χ3n) is 2.57. The summed E-state index contributed by atoms with van der Waals surface area (Å²) in [5, 5.41) is 0.693. The highest BCUT2D eigenvalue weighted by molar-refractivity contribution is 9.10. The Morgan fingerprint density at radius 1 is 1.47 bits per heavy atom. The normalized spacial score (nSPS) is 17.6. The van der Waals surface area contributed by atoms with Crippen molar-refractivity contribution < 1.29 is 4.74 Å². The Balaban J connectivity index is 2.42. The molecule has 0 heterocycles. The van der Waals surface area contributed by atoms with Gasteiger partial charge in [0.15, 0.2) is 0 Å². The summed E-state index contributed by atoms with van der Waals surface area (Å²) in [5.41, 5.74) is 0.987. The molecule has 1 aromatic carbocycles. The molecule has 1 aromatic rings. The molecule has 1 aliphatic rings. The molecule has 1 aliphatic carbocycles. The Kier molecular flexibility index (Phi) is 3.49. The molecule has 0 aliphatic heterocycles. The van der Waals surface area contributed by atoms with Gasteiger partial charge in [-0.1, -0.05) is 11.6 Å². The summed E-state index contributed by atoms with van der Waals surface area (Å²) in [7, 11) is 1.65. The summed E-state index contributed by atoms with van der Waals surface area (Å²) in [5.74, 6) is 1.37. The maximum Gasteiger partial charge on any atom is 0.137 e. The van der Waals surface area contributed by atoms with E-state index in [-0.39, 0.29) is 5.38 Å². The quantitative estimate of drug-likeness (QED) is 0.729. The van der Waals surface area contributed by atoms with Crippen LogP contribution in [0.3, 0.4) is 0 Å². The minimum Gasteiger partial charge on any atom is -0.495 e. The van der Waals surface area contributed by atoms with E-state index in [1.807, 2.05) is 12.1 Å². The molecule has 1 atom stereocenters. The second-order valence-corrected chi connectivity index (χ2v) is 5.51. The van der Waals surface area contributed by atoms with Crippen LogP contribution in [0.2, 0.25) is 5.02 Å². The van der Waals surface area contributed by atoms with Crippen molar-refractivity contribution >= 4 is 39.1 Å². The third kappa shape index (κ3) is 2.43. The molecule has 0 saturated heterocycles. The Morgan fingerprint density at radius 3 is 2.67 bits per heavy atom. The van der Waals surface area contributed by atoms with Gasteiger partial charge in [0.1, 0.15) is 5.75 Å². The molecule has 1 unspecified atom stereocenters. The second-order valence-electron chi connectivity index (χ2n) is 3.75. The number of methoxy groups -OCH3 is 1. The average Bonchev–Trinajstić information content (AvgIpc) is 2.98.